The number of hydrogen-bond acceptors (Lipinski definition) is 18. The summed E-state index contributed by atoms with van der Waals surface area (Å²) in [6.45, 7) is 13.0. The molecule has 0 aromatic carbocycles. The Kier molecular flexibility index (Phi) is 25.1. The molecule has 3 rings (SSSR count). The number of halogens is 1. The van der Waals surface area contributed by atoms with Crippen LogP contribution in [0.5, 0.6) is 0 Å². The lowest BCUT2D eigenvalue weighted by atomic mass is 9.86. The predicted octanol–water partition coefficient (Wildman–Crippen LogP) is 2.81. The van der Waals surface area contributed by atoms with Gasteiger partial charge >= 0.3 is 11.7 Å². The highest BCUT2D eigenvalue weighted by Crippen LogP contribution is 2.30. The minimum absolute atomic E-state index is 0.0333. The summed E-state index contributed by atoms with van der Waals surface area (Å²) >= 11 is 1.26. The van der Waals surface area contributed by atoms with Crippen LogP contribution in [0.15, 0.2) is 17.1 Å². The summed E-state index contributed by atoms with van der Waals surface area (Å²) in [5.74, 6) is -2.43. The number of aliphatic hydroxyl groups is 3. The van der Waals surface area contributed by atoms with E-state index < -0.39 is 109 Å². The number of nitrogens with zero attached hydrogens (tertiary/aromatic N) is 2. The van der Waals surface area contributed by atoms with Crippen molar-refractivity contribution in [2.24, 2.45) is 5.41 Å². The first-order valence-corrected chi connectivity index (χ1v) is 24.8. The van der Waals surface area contributed by atoms with Crippen LogP contribution in [-0.2, 0) is 57.1 Å². The van der Waals surface area contributed by atoms with Crippen LogP contribution in [0.2, 0.25) is 0 Å². The number of aromatic nitrogens is 2. The molecule has 6 N–H and O–H groups in total. The molecule has 2 saturated heterocycles. The number of carbonyl (C=O) groups is 5. The Morgan fingerprint density at radius 3 is 2.32 bits per heavy atom. The molecule has 2 aliphatic rings. The van der Waals surface area contributed by atoms with Crippen LogP contribution in [0, 0.1) is 5.41 Å². The zero-order valence-electron chi connectivity index (χ0n) is 41.3. The number of nitrogens with one attached hydrogen (secondary N) is 3. The lowest BCUT2D eigenvalue weighted by molar-refractivity contribution is -0.341. The van der Waals surface area contributed by atoms with Crippen molar-refractivity contribution in [1.29, 1.82) is 0 Å². The Morgan fingerprint density at radius 2 is 1.65 bits per heavy atom. The zero-order chi connectivity index (χ0) is 51.4. The fourth-order valence-corrected chi connectivity index (χ4v) is 7.97. The number of anilines is 1. The minimum Gasteiger partial charge on any atom is -0.456 e. The maximum absolute atomic E-state index is 14.4. The molecule has 0 aliphatic carbocycles. The monoisotopic (exact) mass is 1010 g/mol. The Labute approximate surface area is 407 Å². The number of unbranched alkanes of at least 4 members (excludes halogenated alkanes) is 1. The maximum Gasteiger partial charge on any atom is 0.351 e. The summed E-state index contributed by atoms with van der Waals surface area (Å²) in [4.78, 5) is 80.3. The standard InChI is InChI=1S/C46H76FN5O16S/c1-9-10-19-62-43(61)68-39-23-29(54)22-31(66-39)27-69-28-33(49-36(56)14-20-64-46(7,8)16-21-65-45(5,6)15-11-34(55)44(2,3)4)40(59)48-17-12-38(58)63-26-37(57)50-35-13-18-52(42(60)51-35)41-32(47)24-30(25-53)67-41/h13,18,29-33,39,41,43,53-54,61H,9-12,14-17,19-28H2,1-8H3,(H,48,59)(H,49,56)(H,50,51,57,60)/t29?,30?,31?,32?,33?,39?,41?,43-/m0/s1. The van der Waals surface area contributed by atoms with E-state index in [0.717, 1.165) is 17.4 Å². The molecule has 1 aromatic heterocycles. The molecule has 8 atom stereocenters. The highest BCUT2D eigenvalue weighted by atomic mass is 32.2. The molecule has 2 aliphatic heterocycles. The second kappa shape index (κ2) is 29.0. The van der Waals surface area contributed by atoms with Crippen molar-refractivity contribution in [2.75, 3.05) is 56.4 Å². The van der Waals surface area contributed by atoms with Gasteiger partial charge in [0.05, 0.1) is 68.8 Å². The van der Waals surface area contributed by atoms with Crippen LogP contribution in [0.3, 0.4) is 0 Å². The summed E-state index contributed by atoms with van der Waals surface area (Å²) in [7, 11) is 0. The van der Waals surface area contributed by atoms with Gasteiger partial charge in [-0.2, -0.15) is 16.7 Å². The minimum atomic E-state index is -1.55. The lowest BCUT2D eigenvalue weighted by Gasteiger charge is -2.33. The van der Waals surface area contributed by atoms with E-state index in [1.807, 2.05) is 55.4 Å². The van der Waals surface area contributed by atoms with Crippen molar-refractivity contribution in [1.82, 2.24) is 20.2 Å². The van der Waals surface area contributed by atoms with Crippen LogP contribution < -0.4 is 21.6 Å². The number of Topliss-reactive ketones (excluding diaryl/α,β-unsaturated/α-hetero) is 1. The van der Waals surface area contributed by atoms with E-state index in [0.29, 0.717) is 25.9 Å². The average Bonchev–Trinajstić information content (AvgIpc) is 3.63. The van der Waals surface area contributed by atoms with Gasteiger partial charge in [-0.05, 0) is 53.0 Å². The average molecular weight is 1010 g/mol. The molecule has 0 radical (unpaired) electrons. The molecular weight excluding hydrogens is 930 g/mol. The highest BCUT2D eigenvalue weighted by Gasteiger charge is 2.37. The third-order valence-electron chi connectivity index (χ3n) is 11.1. The van der Waals surface area contributed by atoms with E-state index in [9.17, 15) is 48.5 Å². The summed E-state index contributed by atoms with van der Waals surface area (Å²) in [6, 6.07) is 0.150. The smallest absolute Gasteiger partial charge is 0.351 e. The van der Waals surface area contributed by atoms with Gasteiger partial charge in [0, 0.05) is 55.3 Å². The molecule has 0 spiro atoms. The molecule has 69 heavy (non-hydrogen) atoms. The van der Waals surface area contributed by atoms with Crippen LogP contribution in [0.1, 0.15) is 126 Å². The number of esters is 1. The molecule has 23 heteroatoms. The van der Waals surface area contributed by atoms with Gasteiger partial charge in [-0.15, -0.1) is 0 Å². The normalized spacial score (nSPS) is 21.9. The molecule has 3 heterocycles. The molecule has 7 unspecified atom stereocenters. The number of ether oxygens (including phenoxy) is 7. The van der Waals surface area contributed by atoms with Gasteiger partial charge in [0.15, 0.2) is 19.1 Å². The number of amides is 3. The van der Waals surface area contributed by atoms with E-state index >= 15 is 0 Å². The first kappa shape index (κ1) is 59.7. The largest absolute Gasteiger partial charge is 0.456 e. The lowest BCUT2D eigenvalue weighted by Crippen LogP contribution is -2.49. The van der Waals surface area contributed by atoms with Gasteiger partial charge < -0.3 is 64.4 Å². The van der Waals surface area contributed by atoms with Gasteiger partial charge in [0.25, 0.3) is 12.4 Å². The van der Waals surface area contributed by atoms with Gasteiger partial charge in [-0.3, -0.25) is 28.5 Å². The third-order valence-corrected chi connectivity index (χ3v) is 12.3. The van der Waals surface area contributed by atoms with Gasteiger partial charge in [-0.1, -0.05) is 34.1 Å². The van der Waals surface area contributed by atoms with Gasteiger partial charge in [0.2, 0.25) is 11.8 Å². The summed E-state index contributed by atoms with van der Waals surface area (Å²) in [6.07, 6.45) is -1.75. The van der Waals surface area contributed by atoms with Gasteiger partial charge in [-0.25, -0.2) is 9.18 Å². The fraction of sp³-hybridized carbons (Fsp3) is 0.804. The van der Waals surface area contributed by atoms with E-state index in [2.05, 4.69) is 20.9 Å². The van der Waals surface area contributed by atoms with Crippen molar-refractivity contribution < 1.29 is 76.8 Å². The predicted molar refractivity (Wildman–Crippen MR) is 250 cm³/mol. The van der Waals surface area contributed by atoms with Crippen molar-refractivity contribution in [3.8, 4) is 0 Å². The molecule has 0 saturated carbocycles. The topological polar surface area (TPSA) is 282 Å². The van der Waals surface area contributed by atoms with Crippen LogP contribution in [0.25, 0.3) is 0 Å². The van der Waals surface area contributed by atoms with Crippen molar-refractivity contribution >= 4 is 47.1 Å². The first-order chi connectivity index (χ1) is 32.4. The van der Waals surface area contributed by atoms with Crippen molar-refractivity contribution in [2.45, 2.75) is 180 Å². The second-order valence-electron chi connectivity index (χ2n) is 19.4. The highest BCUT2D eigenvalue weighted by molar-refractivity contribution is 7.99. The molecule has 1 aromatic rings. The van der Waals surface area contributed by atoms with Crippen LogP contribution in [0.4, 0.5) is 10.2 Å². The molecule has 0 bridgehead atoms. The Bertz CT molecular complexity index is 1850. The molecule has 394 valence electrons. The second-order valence-corrected chi connectivity index (χ2v) is 20.4. The van der Waals surface area contributed by atoms with Crippen LogP contribution >= 0.6 is 11.8 Å². The van der Waals surface area contributed by atoms with Crippen LogP contribution in [-0.4, -0.2) is 160 Å². The number of rotatable bonds is 31. The van der Waals surface area contributed by atoms with E-state index in [1.54, 1.807) is 0 Å². The van der Waals surface area contributed by atoms with E-state index in [1.165, 1.54) is 24.0 Å². The Hall–Kier alpha value is -3.65. The number of thioether (sulfide) groups is 1. The molecule has 21 nitrogen and oxygen atoms in total. The zero-order valence-corrected chi connectivity index (χ0v) is 42.1. The number of alkyl halides is 1. The molecule has 3 amide bonds. The van der Waals surface area contributed by atoms with E-state index in [4.69, 9.17) is 33.2 Å². The van der Waals surface area contributed by atoms with E-state index in [-0.39, 0.29) is 75.0 Å². The van der Waals surface area contributed by atoms with Gasteiger partial charge in [0.1, 0.15) is 23.8 Å². The third kappa shape index (κ3) is 23.0. The SMILES string of the molecule is CCCCO[C@H](O)OC1CC(O)CC(CSCC(NC(=O)CCOC(C)(C)CCOC(C)(C)CCC(=O)C(C)(C)C)C(=O)NCCC(=O)OCC(=O)Nc2ccn(C3OC(CO)CC3F)c(=O)n2)O1. The summed E-state index contributed by atoms with van der Waals surface area (Å²) < 4.78 is 54.3. The van der Waals surface area contributed by atoms with Crippen molar-refractivity contribution in [3.05, 3.63) is 22.7 Å². The molecular formula is C46H76FN5O16S. The number of hydrogen-bond donors (Lipinski definition) is 6. The number of aliphatic hydroxyl groups excluding tert-OH is 3. The first-order valence-electron chi connectivity index (χ1n) is 23.6. The maximum atomic E-state index is 14.4. The van der Waals surface area contributed by atoms with Crippen molar-refractivity contribution in [3.63, 3.8) is 0 Å². The quantitative estimate of drug-likeness (QED) is 0.0354. The number of carbonyl (C=O) groups excluding carboxylic acids is 5. The Morgan fingerprint density at radius 1 is 0.942 bits per heavy atom. The fourth-order valence-electron chi connectivity index (χ4n) is 6.88. The summed E-state index contributed by atoms with van der Waals surface area (Å²) in [5, 5.41) is 37.5. The molecule has 2 fully saturated rings. The number of ketones is 1. The summed E-state index contributed by atoms with van der Waals surface area (Å²) in [5.41, 5.74) is -2.52. The Balaban J connectivity index is 1.50.